The smallest absolute Gasteiger partial charge is 0.132 e. The Labute approximate surface area is 114 Å². The van der Waals surface area contributed by atoms with Crippen molar-refractivity contribution in [1.29, 1.82) is 0 Å². The zero-order chi connectivity index (χ0) is 13.1. The van der Waals surface area contributed by atoms with E-state index >= 15 is 0 Å². The van der Waals surface area contributed by atoms with E-state index in [9.17, 15) is 4.39 Å². The molecule has 0 spiro atoms. The second kappa shape index (κ2) is 5.50. The second-order valence-electron chi connectivity index (χ2n) is 4.03. The Bertz CT molecular complexity index is 557. The highest BCUT2D eigenvalue weighted by atomic mass is 79.9. The van der Waals surface area contributed by atoms with Gasteiger partial charge < -0.3 is 10.5 Å². The van der Waals surface area contributed by atoms with E-state index < -0.39 is 0 Å². The number of ether oxygens (including phenoxy) is 1. The lowest BCUT2D eigenvalue weighted by Crippen LogP contribution is -2.07. The van der Waals surface area contributed by atoms with E-state index in [1.165, 1.54) is 12.1 Å². The van der Waals surface area contributed by atoms with Crippen molar-refractivity contribution >= 4 is 15.9 Å². The zero-order valence-corrected chi connectivity index (χ0v) is 11.4. The summed E-state index contributed by atoms with van der Waals surface area (Å²) in [4.78, 5) is 0. The van der Waals surface area contributed by atoms with E-state index in [2.05, 4.69) is 15.9 Å². The predicted molar refractivity (Wildman–Crippen MR) is 73.2 cm³/mol. The molecule has 0 aromatic heterocycles. The fraction of sp³-hybridized carbons (Fsp3) is 0.143. The minimum Gasteiger partial charge on any atom is -0.457 e. The van der Waals surface area contributed by atoms with Crippen molar-refractivity contribution in [2.75, 3.05) is 0 Å². The second-order valence-corrected chi connectivity index (χ2v) is 4.95. The van der Waals surface area contributed by atoms with Crippen LogP contribution in [0.1, 0.15) is 18.5 Å². The maximum Gasteiger partial charge on any atom is 0.132 e. The Kier molecular flexibility index (Phi) is 3.99. The lowest BCUT2D eigenvalue weighted by molar-refractivity contribution is 0.469. The molecule has 0 radical (unpaired) electrons. The van der Waals surface area contributed by atoms with Gasteiger partial charge in [-0.1, -0.05) is 22.0 Å². The Hall–Kier alpha value is -1.39. The van der Waals surface area contributed by atoms with Gasteiger partial charge in [-0.15, -0.1) is 0 Å². The molecule has 2 aromatic rings. The van der Waals surface area contributed by atoms with Crippen molar-refractivity contribution in [3.05, 3.63) is 58.3 Å². The number of halogens is 2. The van der Waals surface area contributed by atoms with E-state index in [1.54, 1.807) is 13.0 Å². The lowest BCUT2D eigenvalue weighted by atomic mass is 10.1. The van der Waals surface area contributed by atoms with Gasteiger partial charge in [0.25, 0.3) is 0 Å². The quantitative estimate of drug-likeness (QED) is 0.912. The maximum atomic E-state index is 13.2. The van der Waals surface area contributed by atoms with Crippen molar-refractivity contribution in [2.24, 2.45) is 5.73 Å². The molecule has 94 valence electrons. The van der Waals surface area contributed by atoms with E-state index in [0.717, 1.165) is 4.47 Å². The van der Waals surface area contributed by atoms with Crippen LogP contribution < -0.4 is 10.5 Å². The Morgan fingerprint density at radius 2 is 2.00 bits per heavy atom. The normalized spacial score (nSPS) is 12.2. The summed E-state index contributed by atoms with van der Waals surface area (Å²) in [7, 11) is 0. The number of rotatable bonds is 3. The molecule has 4 heteroatoms. The van der Waals surface area contributed by atoms with E-state index in [-0.39, 0.29) is 11.9 Å². The molecule has 0 unspecified atom stereocenters. The fourth-order valence-electron chi connectivity index (χ4n) is 1.63. The molecule has 0 fully saturated rings. The van der Waals surface area contributed by atoms with Gasteiger partial charge in [0.15, 0.2) is 0 Å². The SMILES string of the molecule is C[C@@H](N)c1cc(F)ccc1Oc1cccc(Br)c1. The van der Waals surface area contributed by atoms with Gasteiger partial charge in [-0.2, -0.15) is 0 Å². The van der Waals surface area contributed by atoms with Crippen LogP contribution >= 0.6 is 15.9 Å². The highest BCUT2D eigenvalue weighted by Gasteiger charge is 2.10. The third kappa shape index (κ3) is 3.09. The van der Waals surface area contributed by atoms with Crippen molar-refractivity contribution in [3.8, 4) is 11.5 Å². The summed E-state index contributed by atoms with van der Waals surface area (Å²) in [5.74, 6) is 0.936. The molecule has 18 heavy (non-hydrogen) atoms. The van der Waals surface area contributed by atoms with Crippen LogP contribution in [0.3, 0.4) is 0 Å². The monoisotopic (exact) mass is 309 g/mol. The number of hydrogen-bond acceptors (Lipinski definition) is 2. The van der Waals surface area contributed by atoms with Crippen molar-refractivity contribution in [2.45, 2.75) is 13.0 Å². The lowest BCUT2D eigenvalue weighted by Gasteiger charge is -2.14. The van der Waals surface area contributed by atoms with Crippen LogP contribution in [-0.4, -0.2) is 0 Å². The van der Waals surface area contributed by atoms with Crippen LogP contribution in [-0.2, 0) is 0 Å². The fourth-order valence-corrected chi connectivity index (χ4v) is 2.00. The minimum absolute atomic E-state index is 0.289. The van der Waals surface area contributed by atoms with E-state index in [0.29, 0.717) is 17.1 Å². The first kappa shape index (κ1) is 13.1. The van der Waals surface area contributed by atoms with Crippen LogP contribution in [0.5, 0.6) is 11.5 Å². The summed E-state index contributed by atoms with van der Waals surface area (Å²) in [6.07, 6.45) is 0. The first-order valence-corrected chi connectivity index (χ1v) is 6.34. The largest absolute Gasteiger partial charge is 0.457 e. The Morgan fingerprint density at radius 3 is 2.67 bits per heavy atom. The molecule has 0 aliphatic rings. The molecular formula is C14H13BrFNO. The molecule has 2 nitrogen and oxygen atoms in total. The summed E-state index contributed by atoms with van der Waals surface area (Å²) < 4.78 is 19.8. The van der Waals surface area contributed by atoms with Crippen LogP contribution in [0, 0.1) is 5.82 Å². The number of benzene rings is 2. The van der Waals surface area contributed by atoms with Gasteiger partial charge in [-0.05, 0) is 43.3 Å². The molecule has 0 amide bonds. The predicted octanol–water partition coefficient (Wildman–Crippen LogP) is 4.40. The third-order valence-electron chi connectivity index (χ3n) is 2.49. The Morgan fingerprint density at radius 1 is 1.22 bits per heavy atom. The van der Waals surface area contributed by atoms with Crippen LogP contribution in [0.4, 0.5) is 4.39 Å². The summed E-state index contributed by atoms with van der Waals surface area (Å²) in [6.45, 7) is 1.79. The highest BCUT2D eigenvalue weighted by Crippen LogP contribution is 2.30. The van der Waals surface area contributed by atoms with Gasteiger partial charge in [-0.25, -0.2) is 4.39 Å². The molecular weight excluding hydrogens is 297 g/mol. The molecule has 0 aliphatic carbocycles. The highest BCUT2D eigenvalue weighted by molar-refractivity contribution is 9.10. The molecule has 2 N–H and O–H groups in total. The summed E-state index contributed by atoms with van der Waals surface area (Å²) in [5, 5.41) is 0. The van der Waals surface area contributed by atoms with Gasteiger partial charge in [-0.3, -0.25) is 0 Å². The molecule has 1 atom stereocenters. The van der Waals surface area contributed by atoms with Crippen LogP contribution in [0.25, 0.3) is 0 Å². The minimum atomic E-state index is -0.316. The molecule has 0 saturated heterocycles. The van der Waals surface area contributed by atoms with Gasteiger partial charge in [0, 0.05) is 16.1 Å². The molecule has 2 rings (SSSR count). The van der Waals surface area contributed by atoms with Gasteiger partial charge >= 0.3 is 0 Å². The maximum absolute atomic E-state index is 13.2. The molecule has 2 aromatic carbocycles. The van der Waals surface area contributed by atoms with Crippen molar-refractivity contribution in [1.82, 2.24) is 0 Å². The standard InChI is InChI=1S/C14H13BrFNO/c1-9(17)13-8-11(16)5-6-14(13)18-12-4-2-3-10(15)7-12/h2-9H,17H2,1H3/t9-/m1/s1. The molecule has 0 aliphatic heterocycles. The van der Waals surface area contributed by atoms with Crippen molar-refractivity contribution < 1.29 is 9.13 Å². The first-order chi connectivity index (χ1) is 8.56. The number of nitrogens with two attached hydrogens (primary N) is 1. The van der Waals surface area contributed by atoms with Gasteiger partial charge in [0.2, 0.25) is 0 Å². The molecule has 0 saturated carbocycles. The Balaban J connectivity index is 2.34. The average molecular weight is 310 g/mol. The van der Waals surface area contributed by atoms with Gasteiger partial charge in [0.05, 0.1) is 0 Å². The van der Waals surface area contributed by atoms with Crippen molar-refractivity contribution in [3.63, 3.8) is 0 Å². The summed E-state index contributed by atoms with van der Waals surface area (Å²) in [5.41, 5.74) is 6.46. The molecule has 0 heterocycles. The van der Waals surface area contributed by atoms with Gasteiger partial charge in [0.1, 0.15) is 17.3 Å². The summed E-state index contributed by atoms with van der Waals surface area (Å²) >= 11 is 3.37. The van der Waals surface area contributed by atoms with E-state index in [1.807, 2.05) is 24.3 Å². The average Bonchev–Trinajstić information content (AvgIpc) is 2.31. The number of hydrogen-bond donors (Lipinski definition) is 1. The van der Waals surface area contributed by atoms with Crippen LogP contribution in [0.15, 0.2) is 46.9 Å². The molecule has 0 bridgehead atoms. The van der Waals surface area contributed by atoms with E-state index in [4.69, 9.17) is 10.5 Å². The zero-order valence-electron chi connectivity index (χ0n) is 9.86. The third-order valence-corrected chi connectivity index (χ3v) is 2.98. The summed E-state index contributed by atoms with van der Waals surface area (Å²) in [6, 6.07) is 11.5. The first-order valence-electron chi connectivity index (χ1n) is 5.54. The topological polar surface area (TPSA) is 35.2 Å². The van der Waals surface area contributed by atoms with Crippen LogP contribution in [0.2, 0.25) is 0 Å².